The maximum Gasteiger partial charge on any atom is 0.416 e. The van der Waals surface area contributed by atoms with E-state index in [0.29, 0.717) is 24.0 Å². The number of nitrogens with zero attached hydrogens (tertiary/aromatic N) is 4. The van der Waals surface area contributed by atoms with Crippen molar-refractivity contribution in [1.29, 1.82) is 0 Å². The van der Waals surface area contributed by atoms with Gasteiger partial charge in [0.1, 0.15) is 34.5 Å². The van der Waals surface area contributed by atoms with Crippen LogP contribution >= 0.6 is 0 Å². The van der Waals surface area contributed by atoms with Crippen molar-refractivity contribution >= 4 is 36.6 Å². The lowest BCUT2D eigenvalue weighted by molar-refractivity contribution is -0.138. The van der Waals surface area contributed by atoms with Crippen molar-refractivity contribution in [2.45, 2.75) is 48.0 Å². The van der Waals surface area contributed by atoms with Crippen LogP contribution in [0.15, 0.2) is 119 Å². The molecular weight excluding hydrogens is 863 g/mol. The van der Waals surface area contributed by atoms with Gasteiger partial charge in [-0.2, -0.15) is 31.4 Å². The fourth-order valence-electron chi connectivity index (χ4n) is 7.03. The molecule has 0 unspecified atom stereocenters. The number of para-hydroxylation sites is 1. The van der Waals surface area contributed by atoms with Gasteiger partial charge in [-0.15, -0.1) is 0 Å². The molecule has 0 saturated heterocycles. The van der Waals surface area contributed by atoms with Gasteiger partial charge in [-0.3, -0.25) is 9.40 Å². The average molecular weight is 897 g/mol. The highest BCUT2D eigenvalue weighted by atomic mass is 32.2. The van der Waals surface area contributed by atoms with Crippen LogP contribution in [-0.4, -0.2) is 50.7 Å². The average Bonchev–Trinajstić information content (AvgIpc) is 3.88. The lowest BCUT2D eigenvalue weighted by atomic mass is 10.1. The van der Waals surface area contributed by atoms with Crippen LogP contribution < -0.4 is 18.5 Å². The number of nitrogens with one attached hydrogen (secondary N) is 2. The van der Waals surface area contributed by atoms with Crippen LogP contribution in [0.3, 0.4) is 0 Å². The van der Waals surface area contributed by atoms with Crippen molar-refractivity contribution in [2.75, 3.05) is 18.4 Å². The first-order valence-corrected chi connectivity index (χ1v) is 21.7. The minimum absolute atomic E-state index is 0.0145. The molecule has 0 radical (unpaired) electrons. The van der Waals surface area contributed by atoms with Crippen molar-refractivity contribution < 1.29 is 52.7 Å². The van der Waals surface area contributed by atoms with E-state index in [-0.39, 0.29) is 60.8 Å². The number of sulfonamides is 2. The summed E-state index contributed by atoms with van der Waals surface area (Å²) in [7, 11) is -5.86. The van der Waals surface area contributed by atoms with Gasteiger partial charge in [-0.1, -0.05) is 12.1 Å². The number of imidazole rings is 1. The van der Waals surface area contributed by atoms with Gasteiger partial charge in [0.25, 0.3) is 10.0 Å². The first-order valence-electron chi connectivity index (χ1n) is 18.8. The molecule has 0 spiro atoms. The third kappa shape index (κ3) is 8.19. The Bertz CT molecular complexity index is 3020. The van der Waals surface area contributed by atoms with Crippen LogP contribution in [0.25, 0.3) is 33.4 Å². The molecular formula is C42H34F6N6O6S2. The Morgan fingerprint density at radius 3 is 1.90 bits per heavy atom. The Hall–Kier alpha value is -6.38. The first kappa shape index (κ1) is 42.3. The molecule has 0 bridgehead atoms. The Balaban J connectivity index is 1.18. The highest BCUT2D eigenvalue weighted by molar-refractivity contribution is 7.92. The van der Waals surface area contributed by atoms with E-state index in [9.17, 15) is 43.2 Å². The van der Waals surface area contributed by atoms with Crippen LogP contribution in [0, 0.1) is 0 Å². The molecule has 7 aromatic rings. The third-order valence-corrected chi connectivity index (χ3v) is 13.5. The van der Waals surface area contributed by atoms with Crippen LogP contribution in [0.4, 0.5) is 32.0 Å². The van der Waals surface area contributed by atoms with E-state index in [2.05, 4.69) is 14.9 Å². The Kier molecular flexibility index (Phi) is 10.8. The van der Waals surface area contributed by atoms with Gasteiger partial charge in [0.05, 0.1) is 37.8 Å². The molecule has 1 aliphatic rings. The number of alkyl halides is 6. The number of hydrogen-bond donors (Lipinski definition) is 2. The Morgan fingerprint density at radius 2 is 1.32 bits per heavy atom. The topological polar surface area (TPSA) is 149 Å². The lowest BCUT2D eigenvalue weighted by Gasteiger charge is -2.21. The quantitative estimate of drug-likeness (QED) is 0.122. The summed E-state index contributed by atoms with van der Waals surface area (Å²) in [6.45, 7) is 0.701. The van der Waals surface area contributed by atoms with Crippen LogP contribution in [0.2, 0.25) is 0 Å². The molecule has 8 rings (SSSR count). The van der Waals surface area contributed by atoms with Crippen molar-refractivity contribution in [3.8, 4) is 45.5 Å². The summed E-state index contributed by atoms with van der Waals surface area (Å²) in [4.78, 5) is 4.41. The minimum Gasteiger partial charge on any atom is -0.457 e. The predicted molar refractivity (Wildman–Crippen MR) is 217 cm³/mol. The van der Waals surface area contributed by atoms with Crippen molar-refractivity contribution in [3.63, 3.8) is 0 Å². The summed E-state index contributed by atoms with van der Waals surface area (Å²) < 4.78 is 152. The van der Waals surface area contributed by atoms with E-state index >= 15 is 0 Å². The monoisotopic (exact) mass is 896 g/mol. The third-order valence-electron chi connectivity index (χ3n) is 10.3. The van der Waals surface area contributed by atoms with Gasteiger partial charge < -0.3 is 14.0 Å². The molecule has 0 aliphatic carbocycles. The molecule has 2 N–H and O–H groups in total. The van der Waals surface area contributed by atoms with Crippen LogP contribution in [0.5, 0.6) is 23.0 Å². The second-order valence-electron chi connectivity index (χ2n) is 14.2. The molecule has 0 atom stereocenters. The number of aromatic nitrogens is 4. The van der Waals surface area contributed by atoms with Gasteiger partial charge in [-0.05, 0) is 111 Å². The standard InChI is InChI=1S/C42H34F6N6O6S2/c1-49-61(55,56)29-17-19-37(60-28-15-11-26(12-16-28)42(46,47)48)33(22-29)39-31-6-5-7-35(40(31)52-51-39)53(2)62(57,58)30-18-20-36(59-27-13-9-25(10-14-27)41(43,44)45)32(23-30)34-24-54-21-4-3-8-38(54)50-34/h5-7,9-20,22-24,49H,3-4,8,21H2,1-2H3,(H,51,52). The van der Waals surface area contributed by atoms with Crippen LogP contribution in [0.1, 0.15) is 29.8 Å². The number of rotatable bonds is 11. The molecule has 322 valence electrons. The smallest absolute Gasteiger partial charge is 0.416 e. The number of ether oxygens (including phenoxy) is 2. The Morgan fingerprint density at radius 1 is 0.742 bits per heavy atom. The number of anilines is 1. The number of aryl methyl sites for hydroxylation is 2. The first-order chi connectivity index (χ1) is 29.3. The molecule has 3 heterocycles. The SMILES string of the molecule is CNS(=O)(=O)c1ccc(Oc2ccc(C(F)(F)F)cc2)c(-c2n[nH]c3c(N(C)S(=O)(=O)c4ccc(Oc5ccc(C(F)(F)F)cc5)c(-c5cn6c(n5)CCCC6)c4)cccc23)c1. The van der Waals surface area contributed by atoms with Crippen molar-refractivity contribution in [1.82, 2.24) is 24.5 Å². The zero-order chi connectivity index (χ0) is 44.2. The summed E-state index contributed by atoms with van der Waals surface area (Å²) in [6, 6.07) is 20.7. The van der Waals surface area contributed by atoms with E-state index in [1.807, 2.05) is 4.57 Å². The number of fused-ring (bicyclic) bond motifs is 2. The molecule has 12 nitrogen and oxygen atoms in total. The fourth-order valence-corrected chi connectivity index (χ4v) is 9.02. The molecule has 20 heteroatoms. The van der Waals surface area contributed by atoms with Crippen LogP contribution in [-0.2, 0) is 45.4 Å². The summed E-state index contributed by atoms with van der Waals surface area (Å²) in [5.74, 6) is 1.08. The molecule has 62 heavy (non-hydrogen) atoms. The van der Waals surface area contributed by atoms with Gasteiger partial charge in [0.15, 0.2) is 0 Å². The highest BCUT2D eigenvalue weighted by Gasteiger charge is 2.32. The van der Waals surface area contributed by atoms with E-state index in [1.54, 1.807) is 18.3 Å². The minimum atomic E-state index is -4.59. The van der Waals surface area contributed by atoms with E-state index in [4.69, 9.17) is 14.5 Å². The second kappa shape index (κ2) is 15.8. The summed E-state index contributed by atoms with van der Waals surface area (Å²) >= 11 is 0. The normalized spacial score (nSPS) is 13.5. The zero-order valence-electron chi connectivity index (χ0n) is 32.5. The van der Waals surface area contributed by atoms with Crippen molar-refractivity contribution in [3.05, 3.63) is 126 Å². The van der Waals surface area contributed by atoms with E-state index in [1.165, 1.54) is 68.7 Å². The zero-order valence-corrected chi connectivity index (χ0v) is 34.2. The summed E-state index contributed by atoms with van der Waals surface area (Å²) in [5, 5.41) is 7.63. The number of hydrogen-bond acceptors (Lipinski definition) is 8. The van der Waals surface area contributed by atoms with Gasteiger partial charge in [-0.25, -0.2) is 26.5 Å². The maximum atomic E-state index is 14.5. The molecule has 5 aromatic carbocycles. The maximum absolute atomic E-state index is 14.5. The number of halogens is 6. The highest BCUT2D eigenvalue weighted by Crippen LogP contribution is 2.42. The fraction of sp³-hybridized carbons (Fsp3) is 0.190. The van der Waals surface area contributed by atoms with E-state index in [0.717, 1.165) is 59.4 Å². The van der Waals surface area contributed by atoms with Gasteiger partial charge >= 0.3 is 12.4 Å². The number of H-pyrrole nitrogens is 1. The van der Waals surface area contributed by atoms with E-state index < -0.39 is 43.5 Å². The van der Waals surface area contributed by atoms with Crippen molar-refractivity contribution in [2.24, 2.45) is 0 Å². The number of aromatic amines is 1. The summed E-state index contributed by atoms with van der Waals surface area (Å²) in [5.41, 5.74) is -0.470. The Labute approximate surface area is 350 Å². The molecule has 2 aromatic heterocycles. The second-order valence-corrected chi connectivity index (χ2v) is 18.1. The molecule has 1 aliphatic heterocycles. The predicted octanol–water partition coefficient (Wildman–Crippen LogP) is 9.79. The molecule has 0 saturated carbocycles. The molecule has 0 amide bonds. The largest absolute Gasteiger partial charge is 0.457 e. The lowest BCUT2D eigenvalue weighted by Crippen LogP contribution is -2.26. The molecule has 0 fully saturated rings. The van der Waals surface area contributed by atoms with Gasteiger partial charge in [0.2, 0.25) is 10.0 Å². The number of benzene rings is 5. The summed E-state index contributed by atoms with van der Waals surface area (Å²) in [6.07, 6.45) is -4.82. The van der Waals surface area contributed by atoms with Gasteiger partial charge in [0, 0.05) is 42.7 Å².